The number of para-hydroxylation sites is 1. The van der Waals surface area contributed by atoms with Crippen LogP contribution in [0.1, 0.15) is 0 Å². The third-order valence-corrected chi connectivity index (χ3v) is 3.31. The van der Waals surface area contributed by atoms with Crippen LogP contribution in [0.5, 0.6) is 0 Å². The van der Waals surface area contributed by atoms with Gasteiger partial charge in [-0.1, -0.05) is 18.2 Å². The number of nitrogens with one attached hydrogen (secondary N) is 2. The Labute approximate surface area is 132 Å². The number of anilines is 2. The maximum Gasteiger partial charge on any atom is 0.311 e. The van der Waals surface area contributed by atoms with E-state index in [1.807, 2.05) is 36.4 Å². The van der Waals surface area contributed by atoms with E-state index in [4.69, 9.17) is 0 Å². The molecule has 3 aromatic rings. The Kier molecular flexibility index (Phi) is 4.28. The van der Waals surface area contributed by atoms with Gasteiger partial charge in [0.1, 0.15) is 5.82 Å². The number of pyridine rings is 2. The third kappa shape index (κ3) is 3.52. The summed E-state index contributed by atoms with van der Waals surface area (Å²) in [7, 11) is 0. The summed E-state index contributed by atoms with van der Waals surface area (Å²) < 4.78 is 0. The molecule has 0 radical (unpaired) electrons. The van der Waals surface area contributed by atoms with Gasteiger partial charge in [-0.2, -0.15) is 0 Å². The van der Waals surface area contributed by atoms with Crippen molar-refractivity contribution < 1.29 is 4.92 Å². The molecule has 7 heteroatoms. The van der Waals surface area contributed by atoms with Crippen molar-refractivity contribution in [3.63, 3.8) is 0 Å². The second-order valence-electron chi connectivity index (χ2n) is 4.87. The van der Waals surface area contributed by atoms with Gasteiger partial charge < -0.3 is 10.6 Å². The Morgan fingerprint density at radius 3 is 2.70 bits per heavy atom. The van der Waals surface area contributed by atoms with Crippen molar-refractivity contribution in [2.45, 2.75) is 0 Å². The molecule has 0 unspecified atom stereocenters. The molecule has 0 spiro atoms. The molecule has 0 amide bonds. The topological polar surface area (TPSA) is 93.0 Å². The van der Waals surface area contributed by atoms with E-state index < -0.39 is 4.92 Å². The van der Waals surface area contributed by atoms with Crippen molar-refractivity contribution in [2.75, 3.05) is 23.7 Å². The van der Waals surface area contributed by atoms with E-state index in [0.717, 1.165) is 16.7 Å². The van der Waals surface area contributed by atoms with Gasteiger partial charge in [0.15, 0.2) is 0 Å². The Morgan fingerprint density at radius 2 is 1.83 bits per heavy atom. The molecule has 2 aromatic heterocycles. The minimum absolute atomic E-state index is 0.0312. The largest absolute Gasteiger partial charge is 0.368 e. The first-order chi connectivity index (χ1) is 11.2. The Morgan fingerprint density at radius 1 is 1.00 bits per heavy atom. The minimum Gasteiger partial charge on any atom is -0.368 e. The number of aromatic nitrogens is 2. The number of benzene rings is 1. The lowest BCUT2D eigenvalue weighted by Crippen LogP contribution is -2.15. The Hall–Kier alpha value is -3.22. The molecule has 0 atom stereocenters. The molecule has 116 valence electrons. The summed E-state index contributed by atoms with van der Waals surface area (Å²) in [4.78, 5) is 18.9. The number of hydrogen-bond donors (Lipinski definition) is 2. The average molecular weight is 309 g/mol. The number of nitrogens with zero attached hydrogens (tertiary/aromatic N) is 3. The van der Waals surface area contributed by atoms with Gasteiger partial charge in [0.25, 0.3) is 0 Å². The maximum atomic E-state index is 10.9. The molecule has 0 bridgehead atoms. The summed E-state index contributed by atoms with van der Waals surface area (Å²) in [5.41, 5.74) is 0.891. The van der Waals surface area contributed by atoms with Crippen molar-refractivity contribution >= 4 is 28.2 Å². The number of fused-ring (bicyclic) bond motifs is 1. The predicted molar refractivity (Wildman–Crippen MR) is 89.6 cm³/mol. The minimum atomic E-state index is -0.451. The molecule has 7 nitrogen and oxygen atoms in total. The molecule has 0 aliphatic rings. The second-order valence-corrected chi connectivity index (χ2v) is 4.87. The molecule has 0 saturated heterocycles. The van der Waals surface area contributed by atoms with E-state index in [0.29, 0.717) is 13.1 Å². The van der Waals surface area contributed by atoms with E-state index in [1.54, 1.807) is 6.07 Å². The highest BCUT2D eigenvalue weighted by molar-refractivity contribution is 5.80. The molecule has 0 aliphatic carbocycles. The van der Waals surface area contributed by atoms with E-state index in [-0.39, 0.29) is 11.5 Å². The fourth-order valence-corrected chi connectivity index (χ4v) is 2.22. The average Bonchev–Trinajstić information content (AvgIpc) is 2.59. The Balaban J connectivity index is 1.58. The first-order valence-corrected chi connectivity index (χ1v) is 7.17. The zero-order valence-corrected chi connectivity index (χ0v) is 12.3. The van der Waals surface area contributed by atoms with Crippen LogP contribution in [0.15, 0.2) is 54.7 Å². The van der Waals surface area contributed by atoms with Gasteiger partial charge in [-0.3, -0.25) is 10.1 Å². The summed E-state index contributed by atoms with van der Waals surface area (Å²) in [6, 6.07) is 14.8. The summed E-state index contributed by atoms with van der Waals surface area (Å²) in [5.74, 6) is 1.03. The highest BCUT2D eigenvalue weighted by Crippen LogP contribution is 2.19. The van der Waals surface area contributed by atoms with Crippen LogP contribution in [0.25, 0.3) is 10.9 Å². The van der Waals surface area contributed by atoms with Gasteiger partial charge in [0.2, 0.25) is 5.82 Å². The van der Waals surface area contributed by atoms with Gasteiger partial charge in [-0.25, -0.2) is 9.97 Å². The smallest absolute Gasteiger partial charge is 0.311 e. The highest BCUT2D eigenvalue weighted by atomic mass is 16.6. The molecule has 2 N–H and O–H groups in total. The molecule has 23 heavy (non-hydrogen) atoms. The Bertz CT molecular complexity index is 837. The van der Waals surface area contributed by atoms with E-state index >= 15 is 0 Å². The lowest BCUT2D eigenvalue weighted by atomic mass is 10.2. The van der Waals surface area contributed by atoms with Gasteiger partial charge in [-0.05, 0) is 24.3 Å². The zero-order chi connectivity index (χ0) is 16.1. The van der Waals surface area contributed by atoms with Crippen LogP contribution in [0.2, 0.25) is 0 Å². The summed E-state index contributed by atoms with van der Waals surface area (Å²) >= 11 is 0. The summed E-state index contributed by atoms with van der Waals surface area (Å²) in [6.45, 7) is 1.06. The lowest BCUT2D eigenvalue weighted by molar-refractivity contribution is -0.384. The van der Waals surface area contributed by atoms with Crippen molar-refractivity contribution in [1.82, 2.24) is 9.97 Å². The summed E-state index contributed by atoms with van der Waals surface area (Å²) in [6.07, 6.45) is 1.52. The lowest BCUT2D eigenvalue weighted by Gasteiger charge is -2.08. The third-order valence-electron chi connectivity index (χ3n) is 3.31. The van der Waals surface area contributed by atoms with Crippen molar-refractivity contribution in [2.24, 2.45) is 0 Å². The first-order valence-electron chi connectivity index (χ1n) is 7.17. The van der Waals surface area contributed by atoms with Crippen LogP contribution in [-0.2, 0) is 0 Å². The molecule has 0 saturated carbocycles. The molecule has 0 fully saturated rings. The molecule has 0 aliphatic heterocycles. The normalized spacial score (nSPS) is 10.4. The quantitative estimate of drug-likeness (QED) is 0.413. The van der Waals surface area contributed by atoms with Gasteiger partial charge >= 0.3 is 5.69 Å². The van der Waals surface area contributed by atoms with Crippen LogP contribution in [0.4, 0.5) is 17.3 Å². The highest BCUT2D eigenvalue weighted by Gasteiger charge is 2.12. The van der Waals surface area contributed by atoms with Crippen molar-refractivity contribution in [3.8, 4) is 0 Å². The van der Waals surface area contributed by atoms with Crippen LogP contribution in [-0.4, -0.2) is 28.0 Å². The molecular weight excluding hydrogens is 294 g/mol. The molecule has 2 heterocycles. The summed E-state index contributed by atoms with van der Waals surface area (Å²) in [5, 5.41) is 18.1. The van der Waals surface area contributed by atoms with E-state index in [1.165, 1.54) is 12.3 Å². The maximum absolute atomic E-state index is 10.9. The standard InChI is InChI=1S/C16H15N5O2/c22-21(23)14-6-3-9-18-16(14)19-11-10-17-15-8-7-12-4-1-2-5-13(12)20-15/h1-9H,10-11H2,(H,17,20)(H,18,19). The molecule has 1 aromatic carbocycles. The van der Waals surface area contributed by atoms with E-state index in [9.17, 15) is 10.1 Å². The monoisotopic (exact) mass is 309 g/mol. The van der Waals surface area contributed by atoms with E-state index in [2.05, 4.69) is 20.6 Å². The van der Waals surface area contributed by atoms with Gasteiger partial charge in [0.05, 0.1) is 10.4 Å². The first kappa shape index (κ1) is 14.7. The van der Waals surface area contributed by atoms with Crippen LogP contribution < -0.4 is 10.6 Å². The van der Waals surface area contributed by atoms with Crippen molar-refractivity contribution in [1.29, 1.82) is 0 Å². The SMILES string of the molecule is O=[N+]([O-])c1cccnc1NCCNc1ccc2ccccc2n1. The van der Waals surface area contributed by atoms with Crippen LogP contribution in [0, 0.1) is 10.1 Å². The number of hydrogen-bond acceptors (Lipinski definition) is 6. The number of rotatable bonds is 6. The number of nitro groups is 1. The second kappa shape index (κ2) is 6.69. The van der Waals surface area contributed by atoms with Gasteiger partial charge in [-0.15, -0.1) is 0 Å². The van der Waals surface area contributed by atoms with Crippen LogP contribution >= 0.6 is 0 Å². The zero-order valence-electron chi connectivity index (χ0n) is 12.3. The van der Waals surface area contributed by atoms with Gasteiger partial charge in [0, 0.05) is 30.7 Å². The van der Waals surface area contributed by atoms with Crippen LogP contribution in [0.3, 0.4) is 0 Å². The molecule has 3 rings (SSSR count). The van der Waals surface area contributed by atoms with Crippen molar-refractivity contribution in [3.05, 3.63) is 64.8 Å². The fraction of sp³-hybridized carbons (Fsp3) is 0.125. The fourth-order valence-electron chi connectivity index (χ4n) is 2.22. The predicted octanol–water partition coefficient (Wildman–Crippen LogP) is 3.06. The molecular formula is C16H15N5O2.